The average Bonchev–Trinajstić information content (AvgIpc) is 3.96. The molecule has 2 amide bonds. The number of carbonyl (C=O) groups is 2. The van der Waals surface area contributed by atoms with Crippen molar-refractivity contribution >= 4 is 84.5 Å². The molecule has 4 aromatic rings. The van der Waals surface area contributed by atoms with E-state index in [1.807, 2.05) is 71.8 Å². The number of amidine groups is 1. The largest absolute Gasteiger partial charge is 0.393 e. The first kappa shape index (κ1) is 45.3. The van der Waals surface area contributed by atoms with E-state index in [9.17, 15) is 9.59 Å². The number of aliphatic imine (C=N–C) groups is 1. The molecule has 2 aromatic carbocycles. The van der Waals surface area contributed by atoms with Gasteiger partial charge in [0.25, 0.3) is 5.82 Å². The lowest BCUT2D eigenvalue weighted by molar-refractivity contribution is -0.573. The Labute approximate surface area is 392 Å². The van der Waals surface area contributed by atoms with E-state index >= 15 is 0 Å². The van der Waals surface area contributed by atoms with Crippen molar-refractivity contribution in [1.29, 1.82) is 0 Å². The highest BCUT2D eigenvalue weighted by molar-refractivity contribution is 7.18. The van der Waals surface area contributed by atoms with Crippen LogP contribution in [0.1, 0.15) is 108 Å². The Balaban J connectivity index is 0.771. The molecule has 64 heavy (non-hydrogen) atoms. The lowest BCUT2D eigenvalue weighted by Gasteiger charge is -2.29. The van der Waals surface area contributed by atoms with Crippen LogP contribution in [0.2, 0.25) is 10.0 Å². The minimum Gasteiger partial charge on any atom is -0.393 e. The molecular weight excluding hydrogens is 884 g/mol. The third-order valence-corrected chi connectivity index (χ3v) is 14.8. The topological polar surface area (TPSA) is 143 Å². The van der Waals surface area contributed by atoms with Crippen LogP contribution in [0.4, 0.5) is 5.00 Å². The number of hydrogen-bond donors (Lipinski definition) is 2. The number of aryl methyl sites for hydroxylation is 4. The number of nitrogens with zero attached hydrogens (tertiary/aromatic N) is 8. The van der Waals surface area contributed by atoms with Crippen molar-refractivity contribution < 1.29 is 14.2 Å². The summed E-state index contributed by atoms with van der Waals surface area (Å²) >= 11 is 15.9. The van der Waals surface area contributed by atoms with Crippen LogP contribution in [0, 0.1) is 34.6 Å². The van der Waals surface area contributed by atoms with E-state index in [0.29, 0.717) is 46.2 Å². The number of rotatable bonds is 17. The molecule has 0 radical (unpaired) electrons. The summed E-state index contributed by atoms with van der Waals surface area (Å²) in [4.78, 5) is 42.4. The van der Waals surface area contributed by atoms with Gasteiger partial charge in [-0.1, -0.05) is 86.0 Å². The highest BCUT2D eigenvalue weighted by atomic mass is 35.5. The van der Waals surface area contributed by atoms with Gasteiger partial charge in [0.15, 0.2) is 4.83 Å². The van der Waals surface area contributed by atoms with Gasteiger partial charge in [0.2, 0.25) is 11.8 Å². The third kappa shape index (κ3) is 9.56. The number of thiophene rings is 2. The predicted octanol–water partition coefficient (Wildman–Crippen LogP) is 10.9. The summed E-state index contributed by atoms with van der Waals surface area (Å²) in [5.41, 5.74) is 12.5. The van der Waals surface area contributed by atoms with Crippen LogP contribution in [0.5, 0.6) is 0 Å². The van der Waals surface area contributed by atoms with Gasteiger partial charge in [0, 0.05) is 67.3 Å². The monoisotopic (exact) mass is 934 g/mol. The number of nitrogens with one attached hydrogen (secondary N) is 2. The molecule has 0 unspecified atom stereocenters. The van der Waals surface area contributed by atoms with E-state index in [4.69, 9.17) is 33.2 Å². The molecule has 0 saturated heterocycles. The zero-order valence-electron chi connectivity index (χ0n) is 37.1. The second-order valence-corrected chi connectivity index (χ2v) is 19.7. The van der Waals surface area contributed by atoms with E-state index < -0.39 is 0 Å². The summed E-state index contributed by atoms with van der Waals surface area (Å²) in [7, 11) is 0. The highest BCUT2D eigenvalue weighted by Gasteiger charge is 2.32. The van der Waals surface area contributed by atoms with Crippen LogP contribution in [0.3, 0.4) is 0 Å². The Kier molecular flexibility index (Phi) is 14.0. The zero-order chi connectivity index (χ0) is 45.1. The van der Waals surface area contributed by atoms with Crippen molar-refractivity contribution in [2.24, 2.45) is 10.1 Å². The number of carbonyl (C=O) groups excluding carboxylic acids is 2. The van der Waals surface area contributed by atoms with Gasteiger partial charge in [-0.05, 0) is 88.7 Å². The van der Waals surface area contributed by atoms with E-state index in [0.717, 1.165) is 117 Å². The van der Waals surface area contributed by atoms with Gasteiger partial charge < -0.3 is 21.0 Å². The Bertz CT molecular complexity index is 2790. The molecule has 6 heterocycles. The molecule has 0 aliphatic carbocycles. The number of fused-ring (bicyclic) bond motifs is 6. The van der Waals surface area contributed by atoms with Gasteiger partial charge in [0.1, 0.15) is 5.69 Å². The van der Waals surface area contributed by atoms with Crippen LogP contribution in [0.25, 0.3) is 32.7 Å². The first-order chi connectivity index (χ1) is 30.9. The molecule has 16 heteroatoms. The number of benzene rings is 2. The normalized spacial score (nSPS) is 13.5. The number of amides is 2. The van der Waals surface area contributed by atoms with E-state index in [1.165, 1.54) is 9.75 Å². The summed E-state index contributed by atoms with van der Waals surface area (Å²) in [5.74, 6) is 2.52. The first-order valence-corrected chi connectivity index (χ1v) is 24.3. The average molecular weight is 936 g/mol. The van der Waals surface area contributed by atoms with Gasteiger partial charge in [-0.3, -0.25) is 19.7 Å². The highest BCUT2D eigenvalue weighted by Crippen LogP contribution is 2.45. The number of hydrogen-bond acceptors (Lipinski definition) is 10. The van der Waals surface area contributed by atoms with Gasteiger partial charge in [-0.2, -0.15) is 4.57 Å². The number of aromatic nitrogens is 4. The maximum Gasteiger partial charge on any atom is 0.333 e. The van der Waals surface area contributed by atoms with Crippen LogP contribution >= 0.6 is 45.9 Å². The predicted molar refractivity (Wildman–Crippen MR) is 261 cm³/mol. The molecule has 0 fully saturated rings. The summed E-state index contributed by atoms with van der Waals surface area (Å²) in [5, 5.41) is 22.8. The fourth-order valence-corrected chi connectivity index (χ4v) is 10.9. The van der Waals surface area contributed by atoms with Crippen molar-refractivity contribution in [3.05, 3.63) is 119 Å². The standard InChI is InChI=1S/C48H52Cl2N10O2S2/c1-27-29(3)63-47-41(27)43(33-15-19-35(49)20-16-33)53-37(45-57-55-31(5)59(45)47)25-39(61)51-23-13-11-9-7-8-10-12-14-24-52-40(62)26-38-46-58-56-32(6)60(46)48-42(28(2)30(4)64-48)44(54-38)34-17-21-36(50)22-18-34/h15-22H,7-14,23-26H2,1-6H3,(H,51,61)(H,52,62). The lowest BCUT2D eigenvalue weighted by Crippen LogP contribution is -2.34. The van der Waals surface area contributed by atoms with Crippen molar-refractivity contribution in [2.75, 3.05) is 18.0 Å². The number of anilines is 1. The minimum atomic E-state index is -0.0877. The summed E-state index contributed by atoms with van der Waals surface area (Å²) in [6.45, 7) is 13.5. The summed E-state index contributed by atoms with van der Waals surface area (Å²) in [6, 6.07) is 15.3. The van der Waals surface area contributed by atoms with Crippen molar-refractivity contribution in [2.45, 2.75) is 106 Å². The lowest BCUT2D eigenvalue weighted by atomic mass is 9.99. The van der Waals surface area contributed by atoms with Crippen LogP contribution < -0.4 is 20.1 Å². The molecule has 8 rings (SSSR count). The Morgan fingerprint density at radius 1 is 0.719 bits per heavy atom. The molecule has 0 bridgehead atoms. The minimum absolute atomic E-state index is 0.0877. The molecule has 12 nitrogen and oxygen atoms in total. The Hall–Kier alpha value is -5.28. The molecule has 2 N–H and O–H groups in total. The van der Waals surface area contributed by atoms with E-state index in [-0.39, 0.29) is 24.7 Å². The molecular formula is C48H52Cl2N10O2S2. The quantitative estimate of drug-likeness (QED) is 0.0689. The molecule has 332 valence electrons. The van der Waals surface area contributed by atoms with Crippen LogP contribution in [0.15, 0.2) is 70.1 Å². The molecule has 0 atom stereocenters. The maximum absolute atomic E-state index is 13.3. The second-order valence-electron chi connectivity index (χ2n) is 16.4. The molecule has 0 spiro atoms. The summed E-state index contributed by atoms with van der Waals surface area (Å²) < 4.78 is 2.04. The Morgan fingerprint density at radius 2 is 1.30 bits per heavy atom. The number of halogens is 2. The van der Waals surface area contributed by atoms with Gasteiger partial charge >= 0.3 is 5.82 Å². The van der Waals surface area contributed by atoms with E-state index in [2.05, 4.69) is 59.1 Å². The smallest absolute Gasteiger partial charge is 0.333 e. The maximum atomic E-state index is 13.3. The zero-order valence-corrected chi connectivity index (χ0v) is 40.2. The third-order valence-electron chi connectivity index (χ3n) is 11.9. The first-order valence-electron chi connectivity index (χ1n) is 21.9. The summed E-state index contributed by atoms with van der Waals surface area (Å²) in [6.07, 6.45) is 8.57. The van der Waals surface area contributed by atoms with Gasteiger partial charge in [0.05, 0.1) is 45.5 Å². The van der Waals surface area contributed by atoms with Crippen molar-refractivity contribution in [3.8, 4) is 17.1 Å². The second kappa shape index (κ2) is 19.9. The fraction of sp³-hybridized carbons (Fsp3) is 0.375. The van der Waals surface area contributed by atoms with Gasteiger partial charge in [-0.25, -0.2) is 4.98 Å². The van der Waals surface area contributed by atoms with Crippen LogP contribution in [-0.4, -0.2) is 51.6 Å². The molecule has 4 aliphatic rings. The SMILES string of the molecule is CC1=N[N-]C2=C(CC(=O)NCCCCCCCCCCNC(=O)Cc3nc(-c4ccc(Cl)cc4)c4c(C)c(C)sc4[n+]4c(C)nnc3-4)N=C(c3ccc(Cl)cc3)c3c(sc(C)c3C)N12. The van der Waals surface area contributed by atoms with Crippen LogP contribution in [-0.2, 0) is 16.0 Å². The Morgan fingerprint density at radius 3 is 1.94 bits per heavy atom. The van der Waals surface area contributed by atoms with Crippen molar-refractivity contribution in [1.82, 2.24) is 25.8 Å². The molecule has 0 saturated carbocycles. The fourth-order valence-electron chi connectivity index (χ4n) is 8.22. The number of unbranched alkanes of at least 4 members (excludes halogenated alkanes) is 7. The van der Waals surface area contributed by atoms with Crippen molar-refractivity contribution in [3.63, 3.8) is 0 Å². The molecule has 2 aromatic heterocycles. The molecule has 4 aliphatic heterocycles. The van der Waals surface area contributed by atoms with Gasteiger partial charge in [-0.15, -0.1) is 22.7 Å². The van der Waals surface area contributed by atoms with E-state index in [1.54, 1.807) is 22.7 Å².